The lowest BCUT2D eigenvalue weighted by Crippen LogP contribution is -1.95. The minimum Gasteiger partial charge on any atom is -0.399 e. The third-order valence-electron chi connectivity index (χ3n) is 2.42. The number of nitrogens with two attached hydrogens (primary N) is 1. The van der Waals surface area contributed by atoms with Crippen molar-refractivity contribution in [2.24, 2.45) is 0 Å². The van der Waals surface area contributed by atoms with Crippen molar-refractivity contribution in [2.75, 3.05) is 5.73 Å². The Hall–Kier alpha value is -0.980. The Labute approximate surface area is 81.0 Å². The van der Waals surface area contributed by atoms with E-state index < -0.39 is 0 Å². The Morgan fingerprint density at radius 3 is 2.62 bits per heavy atom. The lowest BCUT2D eigenvalue weighted by molar-refractivity contribution is 0.795. The van der Waals surface area contributed by atoms with Gasteiger partial charge in [-0.3, -0.25) is 0 Å². The number of anilines is 1. The summed E-state index contributed by atoms with van der Waals surface area (Å²) in [4.78, 5) is 0. The Kier molecular flexibility index (Phi) is 3.81. The summed E-state index contributed by atoms with van der Waals surface area (Å²) in [6.45, 7) is 4.38. The first-order chi connectivity index (χ1) is 6.27. The summed E-state index contributed by atoms with van der Waals surface area (Å²) in [7, 11) is 0. The van der Waals surface area contributed by atoms with Gasteiger partial charge in [-0.25, -0.2) is 0 Å². The second kappa shape index (κ2) is 4.90. The molecule has 1 aromatic rings. The first kappa shape index (κ1) is 10.1. The molecule has 13 heavy (non-hydrogen) atoms. The van der Waals surface area contributed by atoms with E-state index in [0.29, 0.717) is 0 Å². The molecule has 0 saturated heterocycles. The lowest BCUT2D eigenvalue weighted by atomic mass is 10.0. The molecular weight excluding hydrogens is 158 g/mol. The first-order valence-electron chi connectivity index (χ1n) is 5.15. The van der Waals surface area contributed by atoms with Gasteiger partial charge in [-0.2, -0.15) is 0 Å². The van der Waals surface area contributed by atoms with Crippen LogP contribution >= 0.6 is 0 Å². The van der Waals surface area contributed by atoms with Gasteiger partial charge in [0.05, 0.1) is 0 Å². The summed E-state index contributed by atoms with van der Waals surface area (Å²) in [5.41, 5.74) is 9.54. The molecule has 0 bridgehead atoms. The molecule has 0 unspecified atom stereocenters. The molecule has 0 amide bonds. The Balaban J connectivity index is 2.78. The van der Waals surface area contributed by atoms with Crippen molar-refractivity contribution in [2.45, 2.75) is 39.5 Å². The number of nitrogen functional groups attached to an aromatic ring is 1. The van der Waals surface area contributed by atoms with Gasteiger partial charge in [0.25, 0.3) is 0 Å². The molecule has 0 spiro atoms. The van der Waals surface area contributed by atoms with Gasteiger partial charge < -0.3 is 5.73 Å². The average molecular weight is 177 g/mol. The van der Waals surface area contributed by atoms with Crippen molar-refractivity contribution >= 4 is 5.69 Å². The quantitative estimate of drug-likeness (QED) is 0.702. The zero-order valence-electron chi connectivity index (χ0n) is 8.64. The highest BCUT2D eigenvalue weighted by Gasteiger charge is 1.99. The van der Waals surface area contributed by atoms with Crippen LogP contribution in [0.25, 0.3) is 0 Å². The van der Waals surface area contributed by atoms with Crippen molar-refractivity contribution in [3.05, 3.63) is 29.3 Å². The van der Waals surface area contributed by atoms with E-state index >= 15 is 0 Å². The molecule has 0 saturated carbocycles. The summed E-state index contributed by atoms with van der Waals surface area (Å²) in [5, 5.41) is 0. The Morgan fingerprint density at radius 1 is 1.23 bits per heavy atom. The molecule has 1 heteroatoms. The van der Waals surface area contributed by atoms with Crippen LogP contribution in [0.4, 0.5) is 5.69 Å². The predicted octanol–water partition coefficient (Wildman–Crippen LogP) is 3.17. The highest BCUT2D eigenvalue weighted by atomic mass is 14.6. The van der Waals surface area contributed by atoms with E-state index in [0.717, 1.165) is 18.5 Å². The monoisotopic (exact) mass is 177 g/mol. The third-order valence-corrected chi connectivity index (χ3v) is 2.42. The van der Waals surface area contributed by atoms with Crippen molar-refractivity contribution in [1.82, 2.24) is 0 Å². The standard InChI is InChI=1S/C12H19N/c1-3-5-6-11-9-10(4-2)7-8-12(11)13/h7-9H,3-6,13H2,1-2H3. The smallest absolute Gasteiger partial charge is 0.0346 e. The molecule has 0 aromatic heterocycles. The van der Waals surface area contributed by atoms with Crippen molar-refractivity contribution < 1.29 is 0 Å². The first-order valence-corrected chi connectivity index (χ1v) is 5.15. The van der Waals surface area contributed by atoms with Gasteiger partial charge in [-0.15, -0.1) is 0 Å². The molecule has 1 nitrogen and oxygen atoms in total. The average Bonchev–Trinajstić information content (AvgIpc) is 2.17. The summed E-state index contributed by atoms with van der Waals surface area (Å²) in [6.07, 6.45) is 4.68. The van der Waals surface area contributed by atoms with Crippen LogP contribution in [0.3, 0.4) is 0 Å². The van der Waals surface area contributed by atoms with Crippen LogP contribution in [-0.2, 0) is 12.8 Å². The molecule has 0 aliphatic carbocycles. The molecule has 0 aliphatic heterocycles. The van der Waals surface area contributed by atoms with Gasteiger partial charge in [0.15, 0.2) is 0 Å². The maximum Gasteiger partial charge on any atom is 0.0346 e. The maximum absolute atomic E-state index is 5.88. The Morgan fingerprint density at radius 2 is 2.00 bits per heavy atom. The lowest BCUT2D eigenvalue weighted by Gasteiger charge is -2.06. The van der Waals surface area contributed by atoms with E-state index in [2.05, 4.69) is 26.0 Å². The van der Waals surface area contributed by atoms with E-state index in [-0.39, 0.29) is 0 Å². The summed E-state index contributed by atoms with van der Waals surface area (Å²) >= 11 is 0. The van der Waals surface area contributed by atoms with Crippen molar-refractivity contribution in [1.29, 1.82) is 0 Å². The fourth-order valence-corrected chi connectivity index (χ4v) is 1.46. The predicted molar refractivity (Wildman–Crippen MR) is 58.8 cm³/mol. The van der Waals surface area contributed by atoms with E-state index in [1.54, 1.807) is 0 Å². The summed E-state index contributed by atoms with van der Waals surface area (Å²) in [6, 6.07) is 6.39. The molecule has 2 N–H and O–H groups in total. The van der Waals surface area contributed by atoms with Crippen LogP contribution in [0, 0.1) is 0 Å². The molecule has 0 atom stereocenters. The maximum atomic E-state index is 5.88. The molecule has 72 valence electrons. The number of hydrogen-bond acceptors (Lipinski definition) is 1. The normalized spacial score (nSPS) is 10.3. The molecule has 0 aliphatic rings. The SMILES string of the molecule is CCCCc1cc(CC)ccc1N. The largest absolute Gasteiger partial charge is 0.399 e. The third kappa shape index (κ3) is 2.76. The number of benzene rings is 1. The zero-order chi connectivity index (χ0) is 9.68. The molecule has 1 rings (SSSR count). The minimum atomic E-state index is 0.950. The van der Waals surface area contributed by atoms with E-state index in [1.165, 1.54) is 24.0 Å². The molecular formula is C12H19N. The molecule has 0 fully saturated rings. The summed E-state index contributed by atoms with van der Waals surface area (Å²) < 4.78 is 0. The number of rotatable bonds is 4. The fourth-order valence-electron chi connectivity index (χ4n) is 1.46. The number of aryl methyl sites for hydroxylation is 2. The van der Waals surface area contributed by atoms with Crippen LogP contribution in [0.5, 0.6) is 0 Å². The van der Waals surface area contributed by atoms with Crippen LogP contribution in [0.1, 0.15) is 37.8 Å². The second-order valence-corrected chi connectivity index (χ2v) is 3.49. The van der Waals surface area contributed by atoms with Gasteiger partial charge in [-0.1, -0.05) is 32.4 Å². The van der Waals surface area contributed by atoms with Crippen LogP contribution < -0.4 is 5.73 Å². The fraction of sp³-hybridized carbons (Fsp3) is 0.500. The van der Waals surface area contributed by atoms with Gasteiger partial charge in [-0.05, 0) is 36.5 Å². The number of hydrogen-bond donors (Lipinski definition) is 1. The van der Waals surface area contributed by atoms with Crippen molar-refractivity contribution in [3.8, 4) is 0 Å². The zero-order valence-corrected chi connectivity index (χ0v) is 8.64. The van der Waals surface area contributed by atoms with Crippen LogP contribution in [0.15, 0.2) is 18.2 Å². The number of unbranched alkanes of at least 4 members (excludes halogenated alkanes) is 1. The van der Waals surface area contributed by atoms with Crippen molar-refractivity contribution in [3.63, 3.8) is 0 Å². The molecule has 0 heterocycles. The van der Waals surface area contributed by atoms with E-state index in [4.69, 9.17) is 5.73 Å². The molecule has 1 aromatic carbocycles. The topological polar surface area (TPSA) is 26.0 Å². The van der Waals surface area contributed by atoms with E-state index in [1.807, 2.05) is 6.07 Å². The molecule has 0 radical (unpaired) electrons. The van der Waals surface area contributed by atoms with Gasteiger partial charge in [0.2, 0.25) is 0 Å². The van der Waals surface area contributed by atoms with Gasteiger partial charge in [0.1, 0.15) is 0 Å². The Bertz CT molecular complexity index is 266. The highest BCUT2D eigenvalue weighted by molar-refractivity contribution is 5.48. The minimum absolute atomic E-state index is 0.950. The second-order valence-electron chi connectivity index (χ2n) is 3.49. The van der Waals surface area contributed by atoms with E-state index in [9.17, 15) is 0 Å². The summed E-state index contributed by atoms with van der Waals surface area (Å²) in [5.74, 6) is 0. The van der Waals surface area contributed by atoms with Crippen LogP contribution in [0.2, 0.25) is 0 Å². The highest BCUT2D eigenvalue weighted by Crippen LogP contribution is 2.16. The van der Waals surface area contributed by atoms with Crippen LogP contribution in [-0.4, -0.2) is 0 Å². The van der Waals surface area contributed by atoms with Gasteiger partial charge in [0, 0.05) is 5.69 Å². The van der Waals surface area contributed by atoms with Gasteiger partial charge >= 0.3 is 0 Å².